The second kappa shape index (κ2) is 9.92. The van der Waals surface area contributed by atoms with E-state index in [4.69, 9.17) is 4.74 Å². The summed E-state index contributed by atoms with van der Waals surface area (Å²) in [5, 5.41) is 3.03. The summed E-state index contributed by atoms with van der Waals surface area (Å²) < 4.78 is 5.16. The summed E-state index contributed by atoms with van der Waals surface area (Å²) in [5.74, 6) is 1.47. The van der Waals surface area contributed by atoms with E-state index < -0.39 is 0 Å². The van der Waals surface area contributed by atoms with Crippen LogP contribution >= 0.6 is 0 Å². The van der Waals surface area contributed by atoms with Crippen LogP contribution in [0, 0.1) is 11.8 Å². The minimum Gasteiger partial charge on any atom is -0.497 e. The molecule has 1 aromatic carbocycles. The zero-order valence-electron chi connectivity index (χ0n) is 17.2. The second-order valence-electron chi connectivity index (χ2n) is 8.19. The number of nitrogens with one attached hydrogen (secondary N) is 1. The molecule has 2 saturated heterocycles. The van der Waals surface area contributed by atoms with Gasteiger partial charge in [-0.25, -0.2) is 0 Å². The SMILES string of the molecule is COc1ccc(CN2C[C@@H](C(=O)NCCCN3CCC(C)CC3)CC2=O)cc1. The number of ether oxygens (including phenoxy) is 1. The highest BCUT2D eigenvalue weighted by atomic mass is 16.5. The Kier molecular flexibility index (Phi) is 7.31. The number of benzene rings is 1. The van der Waals surface area contributed by atoms with Gasteiger partial charge in [0.15, 0.2) is 0 Å². The van der Waals surface area contributed by atoms with Crippen molar-refractivity contribution in [2.45, 2.75) is 39.2 Å². The van der Waals surface area contributed by atoms with Crippen LogP contribution in [0.25, 0.3) is 0 Å². The van der Waals surface area contributed by atoms with E-state index in [0.29, 0.717) is 26.1 Å². The highest BCUT2D eigenvalue weighted by Crippen LogP contribution is 2.21. The van der Waals surface area contributed by atoms with Crippen LogP contribution in [0.15, 0.2) is 24.3 Å². The Balaban J connectivity index is 1.37. The molecule has 0 unspecified atom stereocenters. The van der Waals surface area contributed by atoms with E-state index in [1.165, 1.54) is 25.9 Å². The number of amides is 2. The minimum atomic E-state index is -0.235. The van der Waals surface area contributed by atoms with E-state index >= 15 is 0 Å². The third-order valence-corrected chi connectivity index (χ3v) is 5.94. The maximum atomic E-state index is 12.4. The van der Waals surface area contributed by atoms with Gasteiger partial charge in [-0.05, 0) is 62.5 Å². The lowest BCUT2D eigenvalue weighted by atomic mass is 9.99. The Labute approximate surface area is 168 Å². The molecule has 0 bridgehead atoms. The summed E-state index contributed by atoms with van der Waals surface area (Å²) in [6.07, 6.45) is 3.84. The molecule has 6 heteroatoms. The molecule has 3 rings (SSSR count). The number of carbonyl (C=O) groups is 2. The number of rotatable bonds is 8. The Hall–Kier alpha value is -2.08. The lowest BCUT2D eigenvalue weighted by Gasteiger charge is -2.30. The van der Waals surface area contributed by atoms with Crippen molar-refractivity contribution in [1.29, 1.82) is 0 Å². The maximum Gasteiger partial charge on any atom is 0.225 e. The number of methoxy groups -OCH3 is 1. The zero-order valence-corrected chi connectivity index (χ0v) is 17.2. The molecule has 0 spiro atoms. The van der Waals surface area contributed by atoms with Gasteiger partial charge >= 0.3 is 0 Å². The standard InChI is InChI=1S/C22H33N3O3/c1-17-8-12-24(13-9-17)11-3-10-23-22(27)19-14-21(26)25(16-19)15-18-4-6-20(28-2)7-5-18/h4-7,17,19H,3,8-16H2,1-2H3,(H,23,27)/t19-/m0/s1. The molecule has 1 N–H and O–H groups in total. The van der Waals surface area contributed by atoms with Crippen LogP contribution in [0.3, 0.4) is 0 Å². The number of piperidine rings is 1. The van der Waals surface area contributed by atoms with Crippen molar-refractivity contribution in [3.8, 4) is 5.75 Å². The summed E-state index contributed by atoms with van der Waals surface area (Å²) in [7, 11) is 1.63. The number of hydrogen-bond acceptors (Lipinski definition) is 4. The van der Waals surface area contributed by atoms with Crippen LogP contribution in [-0.4, -0.2) is 61.4 Å². The average molecular weight is 388 g/mol. The van der Waals surface area contributed by atoms with Crippen molar-refractivity contribution in [2.75, 3.05) is 39.8 Å². The third-order valence-electron chi connectivity index (χ3n) is 5.94. The molecule has 2 aliphatic rings. The van der Waals surface area contributed by atoms with Crippen molar-refractivity contribution in [2.24, 2.45) is 11.8 Å². The van der Waals surface area contributed by atoms with Crippen LogP contribution in [0.5, 0.6) is 5.75 Å². The van der Waals surface area contributed by atoms with Gasteiger partial charge in [0.25, 0.3) is 0 Å². The molecule has 1 aromatic rings. The third kappa shape index (κ3) is 5.71. The lowest BCUT2D eigenvalue weighted by Crippen LogP contribution is -2.37. The second-order valence-corrected chi connectivity index (χ2v) is 8.19. The van der Waals surface area contributed by atoms with Crippen LogP contribution in [0.1, 0.15) is 38.2 Å². The predicted molar refractivity (Wildman–Crippen MR) is 109 cm³/mol. The van der Waals surface area contributed by atoms with Gasteiger partial charge in [-0.1, -0.05) is 19.1 Å². The van der Waals surface area contributed by atoms with Gasteiger partial charge in [-0.2, -0.15) is 0 Å². The van der Waals surface area contributed by atoms with Crippen molar-refractivity contribution in [3.63, 3.8) is 0 Å². The number of hydrogen-bond donors (Lipinski definition) is 1. The largest absolute Gasteiger partial charge is 0.497 e. The Bertz CT molecular complexity index is 653. The summed E-state index contributed by atoms with van der Waals surface area (Å²) in [5.41, 5.74) is 1.05. The first-order valence-corrected chi connectivity index (χ1v) is 10.5. The predicted octanol–water partition coefficient (Wildman–Crippen LogP) is 2.28. The molecule has 2 fully saturated rings. The van der Waals surface area contributed by atoms with Gasteiger partial charge in [-0.3, -0.25) is 9.59 Å². The molecular formula is C22H33N3O3. The lowest BCUT2D eigenvalue weighted by molar-refractivity contribution is -0.129. The van der Waals surface area contributed by atoms with Crippen molar-refractivity contribution < 1.29 is 14.3 Å². The Morgan fingerprint density at radius 1 is 1.21 bits per heavy atom. The molecule has 2 amide bonds. The monoisotopic (exact) mass is 387 g/mol. The van der Waals surface area contributed by atoms with Gasteiger partial charge in [0.2, 0.25) is 11.8 Å². The quantitative estimate of drug-likeness (QED) is 0.695. The van der Waals surface area contributed by atoms with Crippen molar-refractivity contribution >= 4 is 11.8 Å². The number of nitrogens with zero attached hydrogens (tertiary/aromatic N) is 2. The zero-order chi connectivity index (χ0) is 19.9. The molecule has 28 heavy (non-hydrogen) atoms. The summed E-state index contributed by atoms with van der Waals surface area (Å²) in [6, 6.07) is 7.70. The van der Waals surface area contributed by atoms with E-state index in [0.717, 1.165) is 30.2 Å². The highest BCUT2D eigenvalue weighted by molar-refractivity contribution is 5.89. The van der Waals surface area contributed by atoms with Crippen LogP contribution in [0.2, 0.25) is 0 Å². The summed E-state index contributed by atoms with van der Waals surface area (Å²) in [4.78, 5) is 29.0. The van der Waals surface area contributed by atoms with Gasteiger partial charge < -0.3 is 19.9 Å². The van der Waals surface area contributed by atoms with E-state index in [1.54, 1.807) is 12.0 Å². The topological polar surface area (TPSA) is 61.9 Å². The van der Waals surface area contributed by atoms with Gasteiger partial charge in [0, 0.05) is 26.1 Å². The maximum absolute atomic E-state index is 12.4. The molecule has 0 aliphatic carbocycles. The first-order valence-electron chi connectivity index (χ1n) is 10.5. The van der Waals surface area contributed by atoms with Gasteiger partial charge in [0.1, 0.15) is 5.75 Å². The number of carbonyl (C=O) groups excluding carboxylic acids is 2. The van der Waals surface area contributed by atoms with Crippen molar-refractivity contribution in [1.82, 2.24) is 15.1 Å². The van der Waals surface area contributed by atoms with Gasteiger partial charge in [0.05, 0.1) is 13.0 Å². The highest BCUT2D eigenvalue weighted by Gasteiger charge is 2.34. The average Bonchev–Trinajstić information content (AvgIpc) is 3.07. The molecule has 0 saturated carbocycles. The molecule has 0 radical (unpaired) electrons. The van der Waals surface area contributed by atoms with E-state index in [2.05, 4.69) is 17.1 Å². The fourth-order valence-electron chi connectivity index (χ4n) is 4.00. The summed E-state index contributed by atoms with van der Waals surface area (Å²) >= 11 is 0. The molecule has 2 aliphatic heterocycles. The fourth-order valence-corrected chi connectivity index (χ4v) is 4.00. The Morgan fingerprint density at radius 2 is 1.93 bits per heavy atom. The van der Waals surface area contributed by atoms with Crippen LogP contribution in [-0.2, 0) is 16.1 Å². The first kappa shape index (κ1) is 20.6. The van der Waals surface area contributed by atoms with Crippen LogP contribution < -0.4 is 10.1 Å². The van der Waals surface area contributed by atoms with Crippen LogP contribution in [0.4, 0.5) is 0 Å². The van der Waals surface area contributed by atoms with E-state index in [-0.39, 0.29) is 17.7 Å². The first-order chi connectivity index (χ1) is 13.5. The molecular weight excluding hydrogens is 354 g/mol. The smallest absolute Gasteiger partial charge is 0.225 e. The Morgan fingerprint density at radius 3 is 2.61 bits per heavy atom. The fraction of sp³-hybridized carbons (Fsp3) is 0.636. The van der Waals surface area contributed by atoms with Crippen molar-refractivity contribution in [3.05, 3.63) is 29.8 Å². The molecule has 154 valence electrons. The molecule has 1 atom stereocenters. The normalized spacial score (nSPS) is 21.1. The van der Waals surface area contributed by atoms with E-state index in [9.17, 15) is 9.59 Å². The van der Waals surface area contributed by atoms with E-state index in [1.807, 2.05) is 24.3 Å². The number of likely N-dealkylation sites (tertiary alicyclic amines) is 2. The molecule has 6 nitrogen and oxygen atoms in total. The minimum absolute atomic E-state index is 0.0119. The molecule has 0 aromatic heterocycles. The van der Waals surface area contributed by atoms with Gasteiger partial charge in [-0.15, -0.1) is 0 Å². The molecule has 2 heterocycles. The summed E-state index contributed by atoms with van der Waals surface area (Å²) in [6.45, 7) is 7.44.